The Balaban J connectivity index is 1.63. The number of ether oxygens (including phenoxy) is 2. The smallest absolute Gasteiger partial charge is 0.310 e. The zero-order valence-electron chi connectivity index (χ0n) is 16.2. The summed E-state index contributed by atoms with van der Waals surface area (Å²) in [6.45, 7) is 2.81. The van der Waals surface area contributed by atoms with Gasteiger partial charge in [0.25, 0.3) is 5.65 Å². The van der Waals surface area contributed by atoms with Gasteiger partial charge in [-0.15, -0.1) is 0 Å². The summed E-state index contributed by atoms with van der Waals surface area (Å²) >= 11 is 0. The average molecular weight is 417 g/mol. The number of fused-ring (bicyclic) bond motifs is 1. The van der Waals surface area contributed by atoms with Crippen molar-refractivity contribution in [2.24, 2.45) is 0 Å². The first-order valence-corrected chi connectivity index (χ1v) is 9.34. The highest BCUT2D eigenvalue weighted by atomic mass is 19.1. The van der Waals surface area contributed by atoms with Crippen molar-refractivity contribution in [2.45, 2.75) is 44.5 Å². The number of esters is 1. The van der Waals surface area contributed by atoms with Gasteiger partial charge < -0.3 is 29.9 Å². The van der Waals surface area contributed by atoms with Gasteiger partial charge in [-0.3, -0.25) is 4.79 Å². The fourth-order valence-electron chi connectivity index (χ4n) is 3.76. The molecule has 0 aliphatic heterocycles. The van der Waals surface area contributed by atoms with Gasteiger partial charge in [0, 0.05) is 25.6 Å². The molecule has 0 radical (unpaired) electrons. The van der Waals surface area contributed by atoms with Crippen molar-refractivity contribution < 1.29 is 33.6 Å². The number of carbonyl (C=O) groups excluding carboxylic acids is 1. The van der Waals surface area contributed by atoms with Crippen LogP contribution in [0.3, 0.4) is 0 Å². The molecule has 4 atom stereocenters. The summed E-state index contributed by atoms with van der Waals surface area (Å²) in [7, 11) is 0. The molecule has 10 heteroatoms. The molecule has 0 amide bonds. The highest BCUT2D eigenvalue weighted by Gasteiger charge is 2.48. The second kappa shape index (κ2) is 7.54. The van der Waals surface area contributed by atoms with Crippen LogP contribution in [0.25, 0.3) is 11.0 Å². The van der Waals surface area contributed by atoms with Gasteiger partial charge >= 0.3 is 11.8 Å². The number of nitrogens with zero attached hydrogens (tertiary/aromatic N) is 2. The fourth-order valence-corrected chi connectivity index (χ4v) is 3.76. The van der Waals surface area contributed by atoms with Gasteiger partial charge in [-0.25, -0.2) is 9.12 Å². The van der Waals surface area contributed by atoms with Crippen LogP contribution in [0.4, 0.5) is 4.39 Å². The largest absolute Gasteiger partial charge is 0.711 e. The maximum Gasteiger partial charge on any atom is 0.310 e. The standard InChI is InChI=1S/C20H20FN3O6/c1-9-12-5-6-22-19(12)23-20(24(9)28)13-8-16(18(27)17(13)26)30-14-4-3-11(21)7-15(14)29-10(2)25/h3-7,13,16-18,26-27H,8H2,1-2H3,(H,22,23)/t13-,16-,17-,18+/m0/s1. The van der Waals surface area contributed by atoms with E-state index in [1.165, 1.54) is 6.07 Å². The Morgan fingerprint density at radius 1 is 1.30 bits per heavy atom. The molecule has 2 heterocycles. The van der Waals surface area contributed by atoms with Crippen molar-refractivity contribution >= 4 is 17.0 Å². The number of hydrogen-bond acceptors (Lipinski definition) is 7. The molecule has 3 aromatic rings. The third kappa shape index (κ3) is 3.44. The van der Waals surface area contributed by atoms with E-state index >= 15 is 0 Å². The minimum atomic E-state index is -1.34. The lowest BCUT2D eigenvalue weighted by molar-refractivity contribution is -0.624. The van der Waals surface area contributed by atoms with Crippen molar-refractivity contribution in [2.75, 3.05) is 0 Å². The number of aliphatic hydroxyl groups excluding tert-OH is 2. The molecule has 0 unspecified atom stereocenters. The predicted octanol–water partition coefficient (Wildman–Crippen LogP) is 1.23. The van der Waals surface area contributed by atoms with Crippen LogP contribution < -0.4 is 14.2 Å². The summed E-state index contributed by atoms with van der Waals surface area (Å²) in [5.74, 6) is -2.15. The molecule has 1 fully saturated rings. The topological polar surface area (TPSA) is 132 Å². The number of aryl methyl sites for hydroxylation is 1. The van der Waals surface area contributed by atoms with Crippen LogP contribution in [0.2, 0.25) is 0 Å². The minimum Gasteiger partial charge on any atom is -0.711 e. The number of hydrogen-bond donors (Lipinski definition) is 3. The number of aromatic amines is 1. The summed E-state index contributed by atoms with van der Waals surface area (Å²) in [5.41, 5.74) is 0.911. The Hall–Kier alpha value is -3.24. The van der Waals surface area contributed by atoms with E-state index in [1.807, 2.05) is 0 Å². The van der Waals surface area contributed by atoms with E-state index in [0.717, 1.165) is 19.1 Å². The predicted molar refractivity (Wildman–Crippen MR) is 101 cm³/mol. The molecule has 0 spiro atoms. The summed E-state index contributed by atoms with van der Waals surface area (Å²) in [6, 6.07) is 5.10. The molecule has 3 N–H and O–H groups in total. The molecule has 1 saturated carbocycles. The van der Waals surface area contributed by atoms with Crippen LogP contribution in [0, 0.1) is 17.9 Å². The Bertz CT molecular complexity index is 1120. The van der Waals surface area contributed by atoms with E-state index in [4.69, 9.17) is 9.47 Å². The summed E-state index contributed by atoms with van der Waals surface area (Å²) in [4.78, 5) is 18.5. The van der Waals surface area contributed by atoms with E-state index in [1.54, 1.807) is 19.2 Å². The third-order valence-corrected chi connectivity index (χ3v) is 5.25. The van der Waals surface area contributed by atoms with Crippen LogP contribution in [0.1, 0.15) is 30.8 Å². The fraction of sp³-hybridized carbons (Fsp3) is 0.350. The second-order valence-corrected chi connectivity index (χ2v) is 7.25. The second-order valence-electron chi connectivity index (χ2n) is 7.25. The van der Waals surface area contributed by atoms with Gasteiger partial charge in [-0.05, 0) is 30.1 Å². The van der Waals surface area contributed by atoms with Gasteiger partial charge in [-0.2, -0.15) is 0 Å². The van der Waals surface area contributed by atoms with Crippen molar-refractivity contribution in [3.63, 3.8) is 0 Å². The molecule has 9 nitrogen and oxygen atoms in total. The monoisotopic (exact) mass is 417 g/mol. The zero-order chi connectivity index (χ0) is 21.6. The van der Waals surface area contributed by atoms with E-state index in [9.17, 15) is 24.6 Å². The number of halogens is 1. The van der Waals surface area contributed by atoms with E-state index in [0.29, 0.717) is 21.5 Å². The summed E-state index contributed by atoms with van der Waals surface area (Å²) in [5, 5.41) is 34.5. The number of rotatable bonds is 4. The highest BCUT2D eigenvalue weighted by Crippen LogP contribution is 2.38. The average Bonchev–Trinajstić information content (AvgIpc) is 3.26. The maximum absolute atomic E-state index is 13.5. The molecule has 0 bridgehead atoms. The molecule has 30 heavy (non-hydrogen) atoms. The zero-order valence-corrected chi connectivity index (χ0v) is 16.2. The normalized spacial score (nSPS) is 23.6. The molecule has 4 rings (SSSR count). The van der Waals surface area contributed by atoms with Gasteiger partial charge in [0.2, 0.25) is 0 Å². The van der Waals surface area contributed by atoms with Crippen molar-refractivity contribution in [1.82, 2.24) is 9.97 Å². The van der Waals surface area contributed by atoms with Gasteiger partial charge in [0.1, 0.15) is 23.7 Å². The summed E-state index contributed by atoms with van der Waals surface area (Å²) in [6.07, 6.45) is -1.86. The SMILES string of the molecule is CC(=O)Oc1cc(F)ccc1O[C@H]1C[C@H](c2nc3[nH]ccc3c(C)[n+]2[O-])[C@H](O)[C@@H]1O. The number of aromatic nitrogens is 3. The van der Waals surface area contributed by atoms with E-state index < -0.39 is 36.0 Å². The van der Waals surface area contributed by atoms with Crippen LogP contribution >= 0.6 is 0 Å². The maximum atomic E-state index is 13.5. The third-order valence-electron chi connectivity index (χ3n) is 5.25. The van der Waals surface area contributed by atoms with Gasteiger partial charge in [0.05, 0.1) is 17.4 Å². The van der Waals surface area contributed by atoms with Gasteiger partial charge in [0.15, 0.2) is 11.5 Å². The molecule has 1 aromatic carbocycles. The number of aliphatic hydroxyl groups is 2. The van der Waals surface area contributed by atoms with Crippen molar-refractivity contribution in [3.8, 4) is 11.5 Å². The molecular weight excluding hydrogens is 397 g/mol. The Labute approximate surface area is 170 Å². The molecule has 2 aromatic heterocycles. The van der Waals surface area contributed by atoms with Crippen molar-refractivity contribution in [1.29, 1.82) is 0 Å². The first-order valence-electron chi connectivity index (χ1n) is 9.34. The number of H-pyrrole nitrogens is 1. The minimum absolute atomic E-state index is 0.0301. The first kappa shape index (κ1) is 20.0. The van der Waals surface area contributed by atoms with Crippen LogP contribution in [0.5, 0.6) is 11.5 Å². The van der Waals surface area contributed by atoms with E-state index in [-0.39, 0.29) is 23.7 Å². The Morgan fingerprint density at radius 2 is 2.07 bits per heavy atom. The highest BCUT2D eigenvalue weighted by molar-refractivity contribution is 5.76. The van der Waals surface area contributed by atoms with E-state index in [2.05, 4.69) is 9.97 Å². The Morgan fingerprint density at radius 3 is 2.80 bits per heavy atom. The Kier molecular flexibility index (Phi) is 5.04. The molecule has 0 saturated heterocycles. The van der Waals surface area contributed by atoms with Gasteiger partial charge in [-0.1, -0.05) is 0 Å². The van der Waals surface area contributed by atoms with Crippen molar-refractivity contribution in [3.05, 3.63) is 53.0 Å². The quantitative estimate of drug-likeness (QED) is 0.252. The van der Waals surface area contributed by atoms with Crippen LogP contribution in [0.15, 0.2) is 30.5 Å². The summed E-state index contributed by atoms with van der Waals surface area (Å²) < 4.78 is 24.9. The lowest BCUT2D eigenvalue weighted by Crippen LogP contribution is -2.41. The molecule has 1 aliphatic carbocycles. The number of benzene rings is 1. The molecular formula is C20H20FN3O6. The number of carbonyl (C=O) groups is 1. The molecule has 1 aliphatic rings. The number of nitrogens with one attached hydrogen (secondary N) is 1. The lowest BCUT2D eigenvalue weighted by Gasteiger charge is -2.19. The van der Waals surface area contributed by atoms with Crippen LogP contribution in [-0.2, 0) is 4.79 Å². The first-order chi connectivity index (χ1) is 14.3. The lowest BCUT2D eigenvalue weighted by atomic mass is 10.0. The van der Waals surface area contributed by atoms with Crippen LogP contribution in [-0.4, -0.2) is 44.5 Å². The molecule has 158 valence electrons.